The van der Waals surface area contributed by atoms with Gasteiger partial charge in [-0.05, 0) is 56.5 Å². The average molecular weight is 369 g/mol. The molecule has 2 N–H and O–H groups in total. The van der Waals surface area contributed by atoms with E-state index in [2.05, 4.69) is 37.6 Å². The van der Waals surface area contributed by atoms with Crippen molar-refractivity contribution in [1.29, 1.82) is 0 Å². The maximum atomic E-state index is 12.6. The lowest BCUT2D eigenvalue weighted by Gasteiger charge is -2.28. The molecule has 1 aliphatic heterocycles. The number of hydrogen-bond donors (Lipinski definition) is 2. The van der Waals surface area contributed by atoms with E-state index in [0.29, 0.717) is 24.8 Å². The Morgan fingerprint density at radius 1 is 1.15 bits per heavy atom. The Balaban J connectivity index is 1.64. The average Bonchev–Trinajstić information content (AvgIpc) is 2.69. The third kappa shape index (κ3) is 5.40. The predicted octanol–water partition coefficient (Wildman–Crippen LogP) is 3.09. The summed E-state index contributed by atoms with van der Waals surface area (Å²) in [7, 11) is 1.63. The van der Waals surface area contributed by atoms with E-state index in [-0.39, 0.29) is 5.91 Å². The van der Waals surface area contributed by atoms with Crippen molar-refractivity contribution in [1.82, 2.24) is 9.97 Å². The Labute approximate surface area is 160 Å². The molecule has 7 nitrogen and oxygen atoms in total. The number of methoxy groups -OCH3 is 1. The monoisotopic (exact) mass is 369 g/mol. The zero-order valence-corrected chi connectivity index (χ0v) is 16.0. The second-order valence-corrected chi connectivity index (χ2v) is 6.69. The lowest BCUT2D eigenvalue weighted by molar-refractivity contribution is 0.102. The molecule has 1 amide bonds. The van der Waals surface area contributed by atoms with E-state index < -0.39 is 0 Å². The van der Waals surface area contributed by atoms with Crippen LogP contribution in [-0.4, -0.2) is 49.2 Å². The van der Waals surface area contributed by atoms with Crippen molar-refractivity contribution in [3.63, 3.8) is 0 Å². The van der Waals surface area contributed by atoms with Crippen molar-refractivity contribution in [2.45, 2.75) is 26.2 Å². The second kappa shape index (κ2) is 9.32. The normalized spacial score (nSPS) is 14.1. The Morgan fingerprint density at radius 2 is 1.89 bits per heavy atom. The molecule has 2 aromatic rings. The number of rotatable bonds is 7. The number of amides is 1. The molecular weight excluding hydrogens is 342 g/mol. The van der Waals surface area contributed by atoms with Gasteiger partial charge in [0.15, 0.2) is 0 Å². The number of nitrogens with one attached hydrogen (secondary N) is 2. The molecule has 1 saturated heterocycles. The minimum Gasteiger partial charge on any atom is -0.383 e. The van der Waals surface area contributed by atoms with Crippen molar-refractivity contribution < 1.29 is 9.53 Å². The molecule has 3 rings (SSSR count). The standard InChI is InChI=1S/C20H27N5O2/c1-15-14-18(24-20(22-15)21-10-13-27-2)19(26)23-16-6-8-17(9-7-16)25-11-4-3-5-12-25/h6-9,14H,3-5,10-13H2,1-2H3,(H,23,26)(H,21,22,24). The third-order valence-electron chi connectivity index (χ3n) is 4.52. The molecule has 1 aliphatic rings. The molecular formula is C20H27N5O2. The number of carbonyl (C=O) groups excluding carboxylic acids is 1. The predicted molar refractivity (Wildman–Crippen MR) is 108 cm³/mol. The number of aromatic nitrogens is 2. The lowest BCUT2D eigenvalue weighted by Crippen LogP contribution is -2.29. The first-order valence-electron chi connectivity index (χ1n) is 9.40. The van der Waals surface area contributed by atoms with Gasteiger partial charge in [-0.25, -0.2) is 9.97 Å². The van der Waals surface area contributed by atoms with E-state index in [1.165, 1.54) is 24.9 Å². The van der Waals surface area contributed by atoms with E-state index in [4.69, 9.17) is 4.74 Å². The van der Waals surface area contributed by atoms with Gasteiger partial charge in [-0.2, -0.15) is 0 Å². The first-order chi connectivity index (χ1) is 13.2. The maximum absolute atomic E-state index is 12.6. The Bertz CT molecular complexity index is 757. The molecule has 27 heavy (non-hydrogen) atoms. The summed E-state index contributed by atoms with van der Waals surface area (Å²) in [6.45, 7) is 5.17. The van der Waals surface area contributed by atoms with Gasteiger partial charge >= 0.3 is 0 Å². The van der Waals surface area contributed by atoms with Gasteiger partial charge in [0.25, 0.3) is 5.91 Å². The summed E-state index contributed by atoms with van der Waals surface area (Å²) in [5, 5.41) is 5.97. The fourth-order valence-corrected chi connectivity index (χ4v) is 3.13. The minimum atomic E-state index is -0.249. The number of ether oxygens (including phenoxy) is 1. The van der Waals surface area contributed by atoms with E-state index in [0.717, 1.165) is 24.5 Å². The molecule has 0 unspecified atom stereocenters. The van der Waals surface area contributed by atoms with Gasteiger partial charge in [0.1, 0.15) is 5.69 Å². The van der Waals surface area contributed by atoms with Crippen molar-refractivity contribution in [2.75, 3.05) is 48.9 Å². The zero-order valence-electron chi connectivity index (χ0n) is 16.0. The van der Waals surface area contributed by atoms with Gasteiger partial charge in [-0.15, -0.1) is 0 Å². The summed E-state index contributed by atoms with van der Waals surface area (Å²) in [5.74, 6) is 0.179. The summed E-state index contributed by atoms with van der Waals surface area (Å²) >= 11 is 0. The highest BCUT2D eigenvalue weighted by Gasteiger charge is 2.13. The van der Waals surface area contributed by atoms with Crippen LogP contribution in [0.1, 0.15) is 35.4 Å². The van der Waals surface area contributed by atoms with Crippen molar-refractivity contribution in [3.05, 3.63) is 41.7 Å². The summed E-state index contributed by atoms with van der Waals surface area (Å²) < 4.78 is 5.00. The molecule has 7 heteroatoms. The SMILES string of the molecule is COCCNc1nc(C)cc(C(=O)Nc2ccc(N3CCCCC3)cc2)n1. The highest BCUT2D eigenvalue weighted by Crippen LogP contribution is 2.22. The zero-order chi connectivity index (χ0) is 19.1. The van der Waals surface area contributed by atoms with Crippen LogP contribution in [0.5, 0.6) is 0 Å². The molecule has 0 spiro atoms. The van der Waals surface area contributed by atoms with Crippen LogP contribution < -0.4 is 15.5 Å². The molecule has 1 aromatic carbocycles. The van der Waals surface area contributed by atoms with Gasteiger partial charge < -0.3 is 20.3 Å². The van der Waals surface area contributed by atoms with Gasteiger partial charge in [0.05, 0.1) is 6.61 Å². The summed E-state index contributed by atoms with van der Waals surface area (Å²) in [4.78, 5) is 23.6. The first kappa shape index (κ1) is 19.1. The fraction of sp³-hybridized carbons (Fsp3) is 0.450. The van der Waals surface area contributed by atoms with E-state index in [1.807, 2.05) is 19.1 Å². The molecule has 2 heterocycles. The van der Waals surface area contributed by atoms with Crippen LogP contribution in [-0.2, 0) is 4.74 Å². The van der Waals surface area contributed by atoms with Crippen molar-refractivity contribution >= 4 is 23.2 Å². The topological polar surface area (TPSA) is 79.4 Å². The Hall–Kier alpha value is -2.67. The molecule has 0 atom stereocenters. The molecule has 144 valence electrons. The number of benzene rings is 1. The number of aryl methyl sites for hydroxylation is 1. The summed E-state index contributed by atoms with van der Waals surface area (Å²) in [5.41, 5.74) is 3.03. The number of piperidine rings is 1. The molecule has 0 bridgehead atoms. The quantitative estimate of drug-likeness (QED) is 0.730. The largest absolute Gasteiger partial charge is 0.383 e. The Morgan fingerprint density at radius 3 is 2.59 bits per heavy atom. The maximum Gasteiger partial charge on any atom is 0.274 e. The summed E-state index contributed by atoms with van der Waals surface area (Å²) in [6, 6.07) is 9.67. The van der Waals surface area contributed by atoms with Crippen LogP contribution in [0.25, 0.3) is 0 Å². The molecule has 1 aromatic heterocycles. The van der Waals surface area contributed by atoms with Crippen LogP contribution in [0.2, 0.25) is 0 Å². The van der Waals surface area contributed by atoms with Gasteiger partial charge in [0, 0.05) is 43.8 Å². The second-order valence-electron chi connectivity index (χ2n) is 6.69. The van der Waals surface area contributed by atoms with Crippen LogP contribution in [0.4, 0.5) is 17.3 Å². The third-order valence-corrected chi connectivity index (χ3v) is 4.52. The van der Waals surface area contributed by atoms with E-state index in [1.54, 1.807) is 13.2 Å². The number of hydrogen-bond acceptors (Lipinski definition) is 6. The van der Waals surface area contributed by atoms with Crippen LogP contribution in [0, 0.1) is 6.92 Å². The van der Waals surface area contributed by atoms with Crippen molar-refractivity contribution in [2.24, 2.45) is 0 Å². The molecule has 0 radical (unpaired) electrons. The number of nitrogens with zero attached hydrogens (tertiary/aromatic N) is 3. The van der Waals surface area contributed by atoms with E-state index >= 15 is 0 Å². The van der Waals surface area contributed by atoms with Crippen LogP contribution >= 0.6 is 0 Å². The highest BCUT2D eigenvalue weighted by atomic mass is 16.5. The van der Waals surface area contributed by atoms with Gasteiger partial charge in [-0.1, -0.05) is 0 Å². The van der Waals surface area contributed by atoms with Crippen molar-refractivity contribution in [3.8, 4) is 0 Å². The molecule has 0 saturated carbocycles. The smallest absolute Gasteiger partial charge is 0.274 e. The number of carbonyl (C=O) groups is 1. The first-order valence-corrected chi connectivity index (χ1v) is 9.40. The van der Waals surface area contributed by atoms with Crippen LogP contribution in [0.15, 0.2) is 30.3 Å². The molecule has 1 fully saturated rings. The van der Waals surface area contributed by atoms with Gasteiger partial charge in [-0.3, -0.25) is 4.79 Å². The fourth-order valence-electron chi connectivity index (χ4n) is 3.13. The van der Waals surface area contributed by atoms with Gasteiger partial charge in [0.2, 0.25) is 5.95 Å². The number of anilines is 3. The Kier molecular flexibility index (Phi) is 6.59. The molecule has 0 aliphatic carbocycles. The van der Waals surface area contributed by atoms with Crippen LogP contribution in [0.3, 0.4) is 0 Å². The highest BCUT2D eigenvalue weighted by molar-refractivity contribution is 6.03. The minimum absolute atomic E-state index is 0.249. The summed E-state index contributed by atoms with van der Waals surface area (Å²) in [6.07, 6.45) is 3.80. The van der Waals surface area contributed by atoms with E-state index in [9.17, 15) is 4.79 Å². The lowest BCUT2D eigenvalue weighted by atomic mass is 10.1.